The topological polar surface area (TPSA) is 55.8 Å². The van der Waals surface area contributed by atoms with Crippen LogP contribution in [0.15, 0.2) is 78.9 Å². The number of rotatable bonds is 11. The lowest BCUT2D eigenvalue weighted by Gasteiger charge is -2.25. The average molecular weight is 421 g/mol. The summed E-state index contributed by atoms with van der Waals surface area (Å²) in [6, 6.07) is 16.8. The van der Waals surface area contributed by atoms with E-state index in [4.69, 9.17) is 9.47 Å². The molecule has 31 heavy (non-hydrogen) atoms. The molecule has 4 nitrogen and oxygen atoms in total. The Morgan fingerprint density at radius 3 is 2.23 bits per heavy atom. The maximum atomic E-state index is 12.5. The zero-order valence-corrected chi connectivity index (χ0v) is 18.2. The second-order valence-electron chi connectivity index (χ2n) is 7.94. The van der Waals surface area contributed by atoms with Crippen molar-refractivity contribution in [1.82, 2.24) is 0 Å². The van der Waals surface area contributed by atoms with Crippen LogP contribution >= 0.6 is 0 Å². The van der Waals surface area contributed by atoms with Crippen molar-refractivity contribution in [1.29, 1.82) is 0 Å². The van der Waals surface area contributed by atoms with Gasteiger partial charge in [-0.1, -0.05) is 81.5 Å². The molecule has 0 saturated heterocycles. The predicted octanol–water partition coefficient (Wildman–Crippen LogP) is 6.18. The van der Waals surface area contributed by atoms with E-state index in [0.717, 1.165) is 17.7 Å². The average Bonchev–Trinajstić information content (AvgIpc) is 2.80. The minimum atomic E-state index is -1.74. The quantitative estimate of drug-likeness (QED) is 0.204. The Labute approximate surface area is 185 Å². The van der Waals surface area contributed by atoms with E-state index in [1.807, 2.05) is 42.5 Å². The van der Waals surface area contributed by atoms with Crippen LogP contribution in [0.2, 0.25) is 0 Å². The second kappa shape index (κ2) is 11.5. The van der Waals surface area contributed by atoms with Crippen LogP contribution in [0, 0.1) is 0 Å². The molecule has 0 bridgehead atoms. The molecular formula is C27H32O4. The zero-order valence-electron chi connectivity index (χ0n) is 18.2. The number of carbonyl (C=O) groups is 1. The third-order valence-electron chi connectivity index (χ3n) is 5.38. The van der Waals surface area contributed by atoms with Crippen LogP contribution in [0.25, 0.3) is 0 Å². The van der Waals surface area contributed by atoms with Gasteiger partial charge in [-0.3, -0.25) is 0 Å². The Morgan fingerprint density at radius 2 is 1.55 bits per heavy atom. The number of carbonyl (C=O) groups excluding carboxylic acids is 1. The van der Waals surface area contributed by atoms with Gasteiger partial charge in [0.15, 0.2) is 0 Å². The Hall–Kier alpha value is -2.85. The van der Waals surface area contributed by atoms with Gasteiger partial charge in [0, 0.05) is 5.92 Å². The molecule has 0 unspecified atom stereocenters. The van der Waals surface area contributed by atoms with E-state index in [2.05, 4.69) is 6.92 Å². The maximum absolute atomic E-state index is 12.5. The summed E-state index contributed by atoms with van der Waals surface area (Å²) in [4.78, 5) is 12.5. The standard InChI is InChI=1S/C27H32O4/c1-2-3-4-5-6-10-21-30-25-15-13-24(14-16-25)26(28)31-27(29)19-17-23(18-20-27)22-11-8-7-9-12-22/h7-9,11-20,23,29H,2-6,10,21H2,1H3. The largest absolute Gasteiger partial charge is 0.494 e. The predicted molar refractivity (Wildman–Crippen MR) is 123 cm³/mol. The molecule has 0 amide bonds. The lowest BCUT2D eigenvalue weighted by molar-refractivity contribution is -0.0927. The van der Waals surface area contributed by atoms with Crippen LogP contribution < -0.4 is 4.74 Å². The summed E-state index contributed by atoms with van der Waals surface area (Å²) >= 11 is 0. The van der Waals surface area contributed by atoms with E-state index in [9.17, 15) is 9.90 Å². The first kappa shape index (κ1) is 22.8. The van der Waals surface area contributed by atoms with E-state index >= 15 is 0 Å². The normalized spacial score (nSPS) is 19.9. The highest BCUT2D eigenvalue weighted by Crippen LogP contribution is 2.28. The molecule has 0 aromatic heterocycles. The van der Waals surface area contributed by atoms with Gasteiger partial charge in [-0.05, 0) is 48.4 Å². The fourth-order valence-corrected chi connectivity index (χ4v) is 3.54. The van der Waals surface area contributed by atoms with Gasteiger partial charge >= 0.3 is 5.97 Å². The van der Waals surface area contributed by atoms with Gasteiger partial charge in [0.1, 0.15) is 5.75 Å². The molecule has 1 aliphatic carbocycles. The van der Waals surface area contributed by atoms with Crippen molar-refractivity contribution >= 4 is 5.97 Å². The summed E-state index contributed by atoms with van der Waals surface area (Å²) in [5.74, 6) is -1.55. The lowest BCUT2D eigenvalue weighted by atomic mass is 9.93. The monoisotopic (exact) mass is 420 g/mol. The molecule has 164 valence electrons. The van der Waals surface area contributed by atoms with Gasteiger partial charge in [0.05, 0.1) is 12.2 Å². The molecule has 0 radical (unpaired) electrons. The molecule has 2 aromatic rings. The first-order valence-corrected chi connectivity index (χ1v) is 11.2. The fraction of sp³-hybridized carbons (Fsp3) is 0.370. The fourth-order valence-electron chi connectivity index (χ4n) is 3.54. The van der Waals surface area contributed by atoms with Crippen LogP contribution in [0.4, 0.5) is 0 Å². The Bertz CT molecular complexity index is 854. The lowest BCUT2D eigenvalue weighted by Crippen LogP contribution is -2.32. The van der Waals surface area contributed by atoms with Crippen LogP contribution in [-0.4, -0.2) is 23.5 Å². The zero-order chi connectivity index (χ0) is 21.9. The van der Waals surface area contributed by atoms with E-state index in [1.54, 1.807) is 24.3 Å². The first-order valence-electron chi connectivity index (χ1n) is 11.2. The second-order valence-corrected chi connectivity index (χ2v) is 7.94. The molecular weight excluding hydrogens is 388 g/mol. The Balaban J connectivity index is 1.46. The van der Waals surface area contributed by atoms with Gasteiger partial charge in [-0.15, -0.1) is 0 Å². The maximum Gasteiger partial charge on any atom is 0.341 e. The third kappa shape index (κ3) is 7.11. The number of ether oxygens (including phenoxy) is 2. The third-order valence-corrected chi connectivity index (χ3v) is 5.38. The highest BCUT2D eigenvalue weighted by atomic mass is 16.7. The number of hydrogen-bond acceptors (Lipinski definition) is 4. The molecule has 0 heterocycles. The summed E-state index contributed by atoms with van der Waals surface area (Å²) in [7, 11) is 0. The van der Waals surface area contributed by atoms with Crippen molar-refractivity contribution in [3.05, 3.63) is 90.0 Å². The number of aliphatic hydroxyl groups is 1. The number of allylic oxidation sites excluding steroid dienone is 2. The van der Waals surface area contributed by atoms with Crippen molar-refractivity contribution in [3.63, 3.8) is 0 Å². The van der Waals surface area contributed by atoms with Crippen LogP contribution in [0.1, 0.15) is 67.3 Å². The van der Waals surface area contributed by atoms with Gasteiger partial charge < -0.3 is 14.6 Å². The molecule has 0 saturated carbocycles. The molecule has 1 N–H and O–H groups in total. The van der Waals surface area contributed by atoms with Crippen molar-refractivity contribution in [3.8, 4) is 5.75 Å². The number of esters is 1. The highest BCUT2D eigenvalue weighted by Gasteiger charge is 2.29. The van der Waals surface area contributed by atoms with Crippen LogP contribution in [0.3, 0.4) is 0 Å². The SMILES string of the molecule is CCCCCCCCOc1ccc(C(=O)OC2(O)C=CC(c3ccccc3)C=C2)cc1. The highest BCUT2D eigenvalue weighted by molar-refractivity contribution is 5.90. The van der Waals surface area contributed by atoms with Gasteiger partial charge in [0.25, 0.3) is 5.79 Å². The van der Waals surface area contributed by atoms with Gasteiger partial charge in [0.2, 0.25) is 0 Å². The Kier molecular flexibility index (Phi) is 8.48. The van der Waals surface area contributed by atoms with E-state index < -0.39 is 11.8 Å². The van der Waals surface area contributed by atoms with E-state index in [1.165, 1.54) is 44.3 Å². The number of unbranched alkanes of at least 4 members (excludes halogenated alkanes) is 5. The van der Waals surface area contributed by atoms with E-state index in [0.29, 0.717) is 12.2 Å². The van der Waals surface area contributed by atoms with Gasteiger partial charge in [-0.2, -0.15) is 0 Å². The summed E-state index contributed by atoms with van der Waals surface area (Å²) in [6.45, 7) is 2.89. The smallest absolute Gasteiger partial charge is 0.341 e. The molecule has 0 aliphatic heterocycles. The molecule has 0 spiro atoms. The minimum absolute atomic E-state index is 0.0447. The molecule has 0 atom stereocenters. The van der Waals surface area contributed by atoms with Gasteiger partial charge in [-0.25, -0.2) is 4.79 Å². The number of hydrogen-bond donors (Lipinski definition) is 1. The summed E-state index contributed by atoms with van der Waals surface area (Å²) in [5.41, 5.74) is 1.48. The summed E-state index contributed by atoms with van der Waals surface area (Å²) in [6.07, 6.45) is 14.0. The van der Waals surface area contributed by atoms with Crippen molar-refractivity contribution in [2.75, 3.05) is 6.61 Å². The van der Waals surface area contributed by atoms with Crippen molar-refractivity contribution < 1.29 is 19.4 Å². The molecule has 3 rings (SSSR count). The van der Waals surface area contributed by atoms with Crippen LogP contribution in [-0.2, 0) is 4.74 Å². The molecule has 2 aromatic carbocycles. The Morgan fingerprint density at radius 1 is 0.903 bits per heavy atom. The molecule has 1 aliphatic rings. The number of benzene rings is 2. The van der Waals surface area contributed by atoms with Crippen molar-refractivity contribution in [2.24, 2.45) is 0 Å². The van der Waals surface area contributed by atoms with Crippen LogP contribution in [0.5, 0.6) is 5.75 Å². The summed E-state index contributed by atoms with van der Waals surface area (Å²) in [5, 5.41) is 10.6. The molecule has 0 fully saturated rings. The molecule has 4 heteroatoms. The first-order chi connectivity index (χ1) is 15.1. The summed E-state index contributed by atoms with van der Waals surface area (Å²) < 4.78 is 11.1. The van der Waals surface area contributed by atoms with E-state index in [-0.39, 0.29) is 5.92 Å². The van der Waals surface area contributed by atoms with Crippen molar-refractivity contribution in [2.45, 2.75) is 57.2 Å². The minimum Gasteiger partial charge on any atom is -0.494 e.